The predicted octanol–water partition coefficient (Wildman–Crippen LogP) is 2.58. The molecule has 110 valence electrons. The molecule has 2 aliphatic rings. The van der Waals surface area contributed by atoms with E-state index in [0.29, 0.717) is 11.8 Å². The summed E-state index contributed by atoms with van der Waals surface area (Å²) < 4.78 is 0.973. The van der Waals surface area contributed by atoms with Gasteiger partial charge >= 0.3 is 0 Å². The predicted molar refractivity (Wildman–Crippen MR) is 82.4 cm³/mol. The molecular formula is C16H22BrNO2. The third kappa shape index (κ3) is 2.93. The zero-order chi connectivity index (χ0) is 14.1. The van der Waals surface area contributed by atoms with Gasteiger partial charge in [-0.3, -0.25) is 0 Å². The summed E-state index contributed by atoms with van der Waals surface area (Å²) in [4.78, 5) is 2.40. The average molecular weight is 340 g/mol. The molecule has 3 nitrogen and oxygen atoms in total. The van der Waals surface area contributed by atoms with Crippen molar-refractivity contribution in [2.45, 2.75) is 31.5 Å². The van der Waals surface area contributed by atoms with Crippen LogP contribution in [0, 0.1) is 11.8 Å². The Kier molecular flexibility index (Phi) is 4.46. The Morgan fingerprint density at radius 1 is 1.25 bits per heavy atom. The second-order valence-corrected chi connectivity index (χ2v) is 7.01. The van der Waals surface area contributed by atoms with Crippen molar-refractivity contribution in [2.75, 3.05) is 19.6 Å². The first-order valence-electron chi connectivity index (χ1n) is 7.48. The fourth-order valence-electron chi connectivity index (χ4n) is 3.72. The van der Waals surface area contributed by atoms with Crippen molar-refractivity contribution in [3.63, 3.8) is 0 Å². The third-order valence-electron chi connectivity index (χ3n) is 4.88. The molecule has 3 rings (SSSR count). The second-order valence-electron chi connectivity index (χ2n) is 6.15. The molecule has 4 heteroatoms. The van der Waals surface area contributed by atoms with E-state index in [-0.39, 0.29) is 6.10 Å². The Balaban J connectivity index is 1.52. The molecule has 1 saturated heterocycles. The first kappa shape index (κ1) is 14.5. The third-order valence-corrected chi connectivity index (χ3v) is 5.60. The van der Waals surface area contributed by atoms with Crippen molar-refractivity contribution < 1.29 is 10.2 Å². The van der Waals surface area contributed by atoms with Crippen LogP contribution in [0.15, 0.2) is 28.7 Å². The Morgan fingerprint density at radius 2 is 2.05 bits per heavy atom. The lowest BCUT2D eigenvalue weighted by Crippen LogP contribution is -2.26. The Labute approximate surface area is 128 Å². The fraction of sp³-hybridized carbons (Fsp3) is 0.625. The van der Waals surface area contributed by atoms with Crippen LogP contribution in [0.4, 0.5) is 0 Å². The number of fused-ring (bicyclic) bond motifs is 1. The minimum atomic E-state index is -0.420. The Morgan fingerprint density at radius 3 is 2.80 bits per heavy atom. The molecular weight excluding hydrogens is 318 g/mol. The standard InChI is InChI=1S/C16H22BrNO2/c17-14-4-2-1-3-12(14)16(20)7-8-18-9-11-5-6-15(19)13(11)10-18/h1-4,11,13,15-16,19-20H,5-10H2. The smallest absolute Gasteiger partial charge is 0.0813 e. The first-order chi connectivity index (χ1) is 9.65. The highest BCUT2D eigenvalue weighted by Crippen LogP contribution is 2.38. The van der Waals surface area contributed by atoms with Gasteiger partial charge in [-0.1, -0.05) is 34.1 Å². The maximum Gasteiger partial charge on any atom is 0.0813 e. The molecule has 1 heterocycles. The van der Waals surface area contributed by atoms with E-state index in [0.717, 1.165) is 48.9 Å². The molecule has 1 aromatic rings. The minimum absolute atomic E-state index is 0.0989. The number of hydrogen-bond acceptors (Lipinski definition) is 3. The highest BCUT2D eigenvalue weighted by molar-refractivity contribution is 9.10. The van der Waals surface area contributed by atoms with Gasteiger partial charge in [0.2, 0.25) is 0 Å². The van der Waals surface area contributed by atoms with E-state index in [9.17, 15) is 10.2 Å². The molecule has 0 aromatic heterocycles. The van der Waals surface area contributed by atoms with Gasteiger partial charge in [0, 0.05) is 30.0 Å². The van der Waals surface area contributed by atoms with Gasteiger partial charge in [0.1, 0.15) is 0 Å². The lowest BCUT2D eigenvalue weighted by atomic mass is 10.00. The van der Waals surface area contributed by atoms with Gasteiger partial charge in [0.05, 0.1) is 12.2 Å². The van der Waals surface area contributed by atoms with E-state index in [4.69, 9.17) is 0 Å². The van der Waals surface area contributed by atoms with Crippen LogP contribution in [-0.2, 0) is 0 Å². The van der Waals surface area contributed by atoms with E-state index >= 15 is 0 Å². The molecule has 0 amide bonds. The van der Waals surface area contributed by atoms with Crippen LogP contribution in [0.25, 0.3) is 0 Å². The molecule has 2 N–H and O–H groups in total. The quantitative estimate of drug-likeness (QED) is 0.886. The van der Waals surface area contributed by atoms with Crippen LogP contribution >= 0.6 is 15.9 Å². The van der Waals surface area contributed by atoms with Crippen molar-refractivity contribution in [1.82, 2.24) is 4.90 Å². The van der Waals surface area contributed by atoms with E-state index < -0.39 is 6.10 Å². The zero-order valence-electron chi connectivity index (χ0n) is 11.6. The summed E-state index contributed by atoms with van der Waals surface area (Å²) in [6.07, 6.45) is 2.37. The van der Waals surface area contributed by atoms with Gasteiger partial charge in [-0.05, 0) is 36.8 Å². The minimum Gasteiger partial charge on any atom is -0.393 e. The summed E-state index contributed by atoms with van der Waals surface area (Å²) >= 11 is 3.49. The van der Waals surface area contributed by atoms with E-state index in [1.54, 1.807) is 0 Å². The number of hydrogen-bond donors (Lipinski definition) is 2. The molecule has 1 aliphatic carbocycles. The van der Waals surface area contributed by atoms with Crippen molar-refractivity contribution in [3.05, 3.63) is 34.3 Å². The monoisotopic (exact) mass is 339 g/mol. The van der Waals surface area contributed by atoms with Crippen molar-refractivity contribution in [3.8, 4) is 0 Å². The lowest BCUT2D eigenvalue weighted by Gasteiger charge is -2.20. The molecule has 1 aromatic carbocycles. The van der Waals surface area contributed by atoms with E-state index in [2.05, 4.69) is 20.8 Å². The van der Waals surface area contributed by atoms with E-state index in [1.807, 2.05) is 24.3 Å². The van der Waals surface area contributed by atoms with Crippen LogP contribution in [0.2, 0.25) is 0 Å². The maximum atomic E-state index is 10.3. The normalized spacial score (nSPS) is 31.4. The number of likely N-dealkylation sites (tertiary alicyclic amines) is 1. The lowest BCUT2D eigenvalue weighted by molar-refractivity contribution is 0.117. The van der Waals surface area contributed by atoms with Gasteiger partial charge in [0.25, 0.3) is 0 Å². The summed E-state index contributed by atoms with van der Waals surface area (Å²) in [5, 5.41) is 20.2. The fourth-order valence-corrected chi connectivity index (χ4v) is 4.27. The first-order valence-corrected chi connectivity index (χ1v) is 8.27. The number of nitrogens with zero attached hydrogens (tertiary/aromatic N) is 1. The van der Waals surface area contributed by atoms with Gasteiger partial charge in [-0.25, -0.2) is 0 Å². The SMILES string of the molecule is OC(CCN1CC2CCC(O)C2C1)c1ccccc1Br. The summed E-state index contributed by atoms with van der Waals surface area (Å²) in [5.74, 6) is 1.14. The van der Waals surface area contributed by atoms with Crippen molar-refractivity contribution in [1.29, 1.82) is 0 Å². The molecule has 4 unspecified atom stereocenters. The number of rotatable bonds is 4. The van der Waals surface area contributed by atoms with Crippen LogP contribution in [-0.4, -0.2) is 40.9 Å². The van der Waals surface area contributed by atoms with Crippen LogP contribution in [0.1, 0.15) is 30.9 Å². The topological polar surface area (TPSA) is 43.7 Å². The number of aliphatic hydroxyl groups excluding tert-OH is 2. The average Bonchev–Trinajstić information content (AvgIpc) is 2.99. The number of halogens is 1. The Bertz CT molecular complexity index is 468. The molecule has 4 atom stereocenters. The number of benzene rings is 1. The second kappa shape index (κ2) is 6.14. The van der Waals surface area contributed by atoms with Gasteiger partial charge in [-0.2, -0.15) is 0 Å². The summed E-state index contributed by atoms with van der Waals surface area (Å²) in [6, 6.07) is 7.86. The van der Waals surface area contributed by atoms with Crippen LogP contribution in [0.5, 0.6) is 0 Å². The van der Waals surface area contributed by atoms with Gasteiger partial charge < -0.3 is 15.1 Å². The van der Waals surface area contributed by atoms with E-state index in [1.165, 1.54) is 0 Å². The highest BCUT2D eigenvalue weighted by Gasteiger charge is 2.41. The molecule has 0 bridgehead atoms. The molecule has 2 fully saturated rings. The summed E-state index contributed by atoms with van der Waals surface area (Å²) in [5.41, 5.74) is 0.965. The van der Waals surface area contributed by atoms with Crippen molar-refractivity contribution in [2.24, 2.45) is 11.8 Å². The van der Waals surface area contributed by atoms with Crippen LogP contribution in [0.3, 0.4) is 0 Å². The summed E-state index contributed by atoms with van der Waals surface area (Å²) in [6.45, 7) is 2.99. The zero-order valence-corrected chi connectivity index (χ0v) is 13.2. The summed E-state index contributed by atoms with van der Waals surface area (Å²) in [7, 11) is 0. The molecule has 0 spiro atoms. The molecule has 20 heavy (non-hydrogen) atoms. The maximum absolute atomic E-state index is 10.3. The molecule has 1 saturated carbocycles. The highest BCUT2D eigenvalue weighted by atomic mass is 79.9. The largest absolute Gasteiger partial charge is 0.393 e. The number of aliphatic hydroxyl groups is 2. The van der Waals surface area contributed by atoms with Crippen LogP contribution < -0.4 is 0 Å². The molecule has 0 radical (unpaired) electrons. The molecule has 1 aliphatic heterocycles. The Hall–Kier alpha value is -0.420. The van der Waals surface area contributed by atoms with Crippen molar-refractivity contribution >= 4 is 15.9 Å². The van der Waals surface area contributed by atoms with Gasteiger partial charge in [0.15, 0.2) is 0 Å². The van der Waals surface area contributed by atoms with Gasteiger partial charge in [-0.15, -0.1) is 0 Å².